The third-order valence-electron chi connectivity index (χ3n) is 4.17. The summed E-state index contributed by atoms with van der Waals surface area (Å²) >= 11 is 0. The zero-order valence-corrected chi connectivity index (χ0v) is 12.0. The summed E-state index contributed by atoms with van der Waals surface area (Å²) in [6, 6.07) is 4.10. The summed E-state index contributed by atoms with van der Waals surface area (Å²) < 4.78 is 15.9. The van der Waals surface area contributed by atoms with E-state index >= 15 is 0 Å². The number of methoxy groups -OCH3 is 2. The van der Waals surface area contributed by atoms with E-state index in [4.69, 9.17) is 14.2 Å². The number of carbonyl (C=O) groups is 1. The lowest BCUT2D eigenvalue weighted by Crippen LogP contribution is -2.48. The number of rotatable bonds is 2. The molecular weight excluding hydrogens is 258 g/mol. The van der Waals surface area contributed by atoms with Gasteiger partial charge in [-0.1, -0.05) is 6.92 Å². The summed E-state index contributed by atoms with van der Waals surface area (Å²) in [5.41, 5.74) is 2.38. The minimum atomic E-state index is -0.214. The second-order valence-corrected chi connectivity index (χ2v) is 5.35. The quantitative estimate of drug-likeness (QED) is 0.832. The average molecular weight is 277 g/mol. The van der Waals surface area contributed by atoms with E-state index in [0.717, 1.165) is 17.7 Å². The third-order valence-corrected chi connectivity index (χ3v) is 4.17. The Bertz CT molecular complexity index is 543. The molecule has 0 N–H and O–H groups in total. The molecule has 0 saturated carbocycles. The fourth-order valence-corrected chi connectivity index (χ4v) is 3.17. The summed E-state index contributed by atoms with van der Waals surface area (Å²) in [4.78, 5) is 13.7. The molecule has 1 saturated heterocycles. The van der Waals surface area contributed by atoms with Crippen LogP contribution < -0.4 is 9.47 Å². The largest absolute Gasteiger partial charge is 0.493 e. The lowest BCUT2D eigenvalue weighted by Gasteiger charge is -2.43. The number of amides is 1. The van der Waals surface area contributed by atoms with Crippen molar-refractivity contribution in [2.24, 2.45) is 5.92 Å². The standard InChI is InChI=1S/C15H19NO4/c1-9-8-20-15(17)16-5-4-10-6-12(18-2)13(19-3)7-11(10)14(9)16/h6-7,9,14H,4-5,8H2,1-3H3/t9-,14-/m0/s1. The first-order chi connectivity index (χ1) is 9.65. The molecule has 5 nitrogen and oxygen atoms in total. The molecule has 2 aliphatic rings. The van der Waals surface area contributed by atoms with E-state index in [2.05, 4.69) is 6.92 Å². The molecule has 0 radical (unpaired) electrons. The van der Waals surface area contributed by atoms with E-state index in [1.165, 1.54) is 5.56 Å². The summed E-state index contributed by atoms with van der Waals surface area (Å²) in [6.07, 6.45) is 0.599. The second-order valence-electron chi connectivity index (χ2n) is 5.35. The van der Waals surface area contributed by atoms with E-state index in [9.17, 15) is 4.79 Å². The smallest absolute Gasteiger partial charge is 0.410 e. The Hall–Kier alpha value is -1.91. The van der Waals surface area contributed by atoms with Gasteiger partial charge in [-0.15, -0.1) is 0 Å². The van der Waals surface area contributed by atoms with Crippen LogP contribution in [0.3, 0.4) is 0 Å². The normalized spacial score (nSPS) is 24.6. The van der Waals surface area contributed by atoms with Crippen LogP contribution in [0.1, 0.15) is 24.1 Å². The lowest BCUT2D eigenvalue weighted by molar-refractivity contribution is 0.00823. The van der Waals surface area contributed by atoms with Gasteiger partial charge >= 0.3 is 6.09 Å². The SMILES string of the molecule is COc1cc2c(cc1OC)[C@@H]1[C@@H](C)COC(=O)N1CC2. The molecule has 2 heterocycles. The Kier molecular flexibility index (Phi) is 3.20. The summed E-state index contributed by atoms with van der Waals surface area (Å²) in [5, 5.41) is 0. The van der Waals surface area contributed by atoms with Gasteiger partial charge in [-0.2, -0.15) is 0 Å². The van der Waals surface area contributed by atoms with Crippen molar-refractivity contribution >= 4 is 6.09 Å². The van der Waals surface area contributed by atoms with Crippen LogP contribution in [0.4, 0.5) is 4.79 Å². The van der Waals surface area contributed by atoms with Crippen molar-refractivity contribution in [1.29, 1.82) is 0 Å². The molecule has 0 aromatic heterocycles. The van der Waals surface area contributed by atoms with Gasteiger partial charge in [0.15, 0.2) is 11.5 Å². The monoisotopic (exact) mass is 277 g/mol. The number of fused-ring (bicyclic) bond motifs is 3. The van der Waals surface area contributed by atoms with Crippen molar-refractivity contribution in [3.63, 3.8) is 0 Å². The lowest BCUT2D eigenvalue weighted by atomic mass is 9.85. The number of ether oxygens (including phenoxy) is 3. The van der Waals surface area contributed by atoms with E-state index in [1.807, 2.05) is 17.0 Å². The van der Waals surface area contributed by atoms with Crippen LogP contribution in [0.25, 0.3) is 0 Å². The molecule has 3 rings (SSSR count). The van der Waals surface area contributed by atoms with Crippen molar-refractivity contribution < 1.29 is 19.0 Å². The van der Waals surface area contributed by atoms with Crippen LogP contribution >= 0.6 is 0 Å². The highest BCUT2D eigenvalue weighted by Gasteiger charge is 2.40. The van der Waals surface area contributed by atoms with Crippen LogP contribution in [0.5, 0.6) is 11.5 Å². The number of nitrogens with zero attached hydrogens (tertiary/aromatic N) is 1. The highest BCUT2D eigenvalue weighted by molar-refractivity contribution is 5.70. The molecule has 2 aliphatic heterocycles. The average Bonchev–Trinajstić information content (AvgIpc) is 2.48. The molecule has 0 aliphatic carbocycles. The molecule has 0 unspecified atom stereocenters. The number of hydrogen-bond acceptors (Lipinski definition) is 4. The van der Waals surface area contributed by atoms with Gasteiger partial charge in [-0.25, -0.2) is 4.79 Å². The fraction of sp³-hybridized carbons (Fsp3) is 0.533. The summed E-state index contributed by atoms with van der Waals surface area (Å²) in [7, 11) is 3.27. The molecule has 0 bridgehead atoms. The Morgan fingerprint density at radius 1 is 1.25 bits per heavy atom. The molecule has 1 fully saturated rings. The minimum Gasteiger partial charge on any atom is -0.493 e. The van der Waals surface area contributed by atoms with Gasteiger partial charge in [0.25, 0.3) is 0 Å². The Morgan fingerprint density at radius 3 is 2.65 bits per heavy atom. The summed E-state index contributed by atoms with van der Waals surface area (Å²) in [5.74, 6) is 1.72. The van der Waals surface area contributed by atoms with Crippen LogP contribution in [0, 0.1) is 5.92 Å². The molecule has 1 amide bonds. The van der Waals surface area contributed by atoms with Gasteiger partial charge in [0.05, 0.1) is 26.9 Å². The van der Waals surface area contributed by atoms with E-state index in [-0.39, 0.29) is 18.1 Å². The van der Waals surface area contributed by atoms with Crippen LogP contribution in [0.15, 0.2) is 12.1 Å². The highest BCUT2D eigenvalue weighted by atomic mass is 16.6. The van der Waals surface area contributed by atoms with E-state index in [0.29, 0.717) is 18.9 Å². The molecular formula is C15H19NO4. The van der Waals surface area contributed by atoms with Crippen LogP contribution in [0.2, 0.25) is 0 Å². The Balaban J connectivity index is 2.08. The van der Waals surface area contributed by atoms with Gasteiger partial charge in [-0.05, 0) is 29.7 Å². The highest BCUT2D eigenvalue weighted by Crippen LogP contribution is 2.42. The zero-order chi connectivity index (χ0) is 14.3. The van der Waals surface area contributed by atoms with Crippen LogP contribution in [-0.4, -0.2) is 38.4 Å². The molecule has 1 aromatic carbocycles. The Morgan fingerprint density at radius 2 is 1.95 bits per heavy atom. The number of hydrogen-bond donors (Lipinski definition) is 0. The predicted octanol–water partition coefficient (Wildman–Crippen LogP) is 2.39. The van der Waals surface area contributed by atoms with Crippen molar-refractivity contribution in [2.45, 2.75) is 19.4 Å². The van der Waals surface area contributed by atoms with E-state index < -0.39 is 0 Å². The molecule has 0 spiro atoms. The van der Waals surface area contributed by atoms with Gasteiger partial charge in [0, 0.05) is 12.5 Å². The number of cyclic esters (lactones) is 1. The van der Waals surface area contributed by atoms with Gasteiger partial charge in [-0.3, -0.25) is 0 Å². The maximum absolute atomic E-state index is 11.9. The van der Waals surface area contributed by atoms with Crippen molar-refractivity contribution in [2.75, 3.05) is 27.4 Å². The molecule has 2 atom stereocenters. The zero-order valence-electron chi connectivity index (χ0n) is 12.0. The predicted molar refractivity (Wildman–Crippen MR) is 73.2 cm³/mol. The number of carbonyl (C=O) groups excluding carboxylic acids is 1. The van der Waals surface area contributed by atoms with Crippen molar-refractivity contribution in [1.82, 2.24) is 4.90 Å². The fourth-order valence-electron chi connectivity index (χ4n) is 3.17. The first kappa shape index (κ1) is 13.1. The van der Waals surface area contributed by atoms with Gasteiger partial charge in [0.2, 0.25) is 0 Å². The molecule has 1 aromatic rings. The summed E-state index contributed by atoms with van der Waals surface area (Å²) in [6.45, 7) is 3.26. The topological polar surface area (TPSA) is 48.0 Å². The van der Waals surface area contributed by atoms with Gasteiger partial charge in [0.1, 0.15) is 0 Å². The third kappa shape index (κ3) is 1.88. The van der Waals surface area contributed by atoms with Gasteiger partial charge < -0.3 is 19.1 Å². The van der Waals surface area contributed by atoms with Crippen molar-refractivity contribution in [3.8, 4) is 11.5 Å². The first-order valence-corrected chi connectivity index (χ1v) is 6.84. The van der Waals surface area contributed by atoms with Crippen molar-refractivity contribution in [3.05, 3.63) is 23.3 Å². The maximum Gasteiger partial charge on any atom is 0.410 e. The number of benzene rings is 1. The molecule has 20 heavy (non-hydrogen) atoms. The van der Waals surface area contributed by atoms with Crippen LogP contribution in [-0.2, 0) is 11.2 Å². The first-order valence-electron chi connectivity index (χ1n) is 6.84. The molecule has 108 valence electrons. The van der Waals surface area contributed by atoms with E-state index in [1.54, 1.807) is 14.2 Å². The second kappa shape index (κ2) is 4.89. The molecule has 5 heteroatoms. The minimum absolute atomic E-state index is 0.0693. The maximum atomic E-state index is 11.9. The Labute approximate surface area is 118 Å².